The van der Waals surface area contributed by atoms with Gasteiger partial charge in [-0.05, 0) is 66.6 Å². The Morgan fingerprint density at radius 2 is 1.64 bits per heavy atom. The monoisotopic (exact) mass is 450 g/mol. The molecule has 0 aromatic heterocycles. The predicted molar refractivity (Wildman–Crippen MR) is 120 cm³/mol. The quantitative estimate of drug-likeness (QED) is 0.390. The molecule has 0 saturated carbocycles. The number of hydrogen-bond acceptors (Lipinski definition) is 5. The van der Waals surface area contributed by atoms with Crippen LogP contribution in [-0.2, 0) is 22.5 Å². The molecule has 3 aromatic rings. The van der Waals surface area contributed by atoms with Gasteiger partial charge in [0.05, 0.1) is 13.0 Å². The summed E-state index contributed by atoms with van der Waals surface area (Å²) in [5, 5.41) is 5.57. The third kappa shape index (κ3) is 7.46. The van der Waals surface area contributed by atoms with Crippen LogP contribution in [0.3, 0.4) is 0 Å². The lowest BCUT2D eigenvalue weighted by Crippen LogP contribution is -2.23. The van der Waals surface area contributed by atoms with E-state index in [0.717, 1.165) is 5.56 Å². The van der Waals surface area contributed by atoms with E-state index >= 15 is 0 Å². The molecule has 170 valence electrons. The fourth-order valence-corrected chi connectivity index (χ4v) is 3.00. The van der Waals surface area contributed by atoms with Crippen LogP contribution >= 0.6 is 0 Å². The van der Waals surface area contributed by atoms with Gasteiger partial charge in [0, 0.05) is 17.8 Å². The van der Waals surface area contributed by atoms with Crippen LogP contribution in [0, 0.1) is 5.82 Å². The highest BCUT2D eigenvalue weighted by Crippen LogP contribution is 2.15. The Bertz CT molecular complexity index is 1130. The van der Waals surface area contributed by atoms with Crippen LogP contribution in [0.2, 0.25) is 0 Å². The second-order valence-corrected chi connectivity index (χ2v) is 7.05. The highest BCUT2D eigenvalue weighted by Gasteiger charge is 2.09. The molecule has 8 heteroatoms. The molecular formula is C25H23FN2O5. The largest absolute Gasteiger partial charge is 0.513 e. The molecular weight excluding hydrogens is 427 g/mol. The first kappa shape index (κ1) is 23.5. The molecule has 0 bridgehead atoms. The number of carbonyl (C=O) groups excluding carboxylic acids is 3. The van der Waals surface area contributed by atoms with Gasteiger partial charge < -0.3 is 20.1 Å². The van der Waals surface area contributed by atoms with Crippen LogP contribution in [0.25, 0.3) is 0 Å². The number of benzene rings is 3. The minimum absolute atomic E-state index is 0.0502. The van der Waals surface area contributed by atoms with Crippen LogP contribution in [0.5, 0.6) is 5.75 Å². The Hall–Kier alpha value is -4.20. The normalized spacial score (nSPS) is 10.2. The molecule has 0 heterocycles. The summed E-state index contributed by atoms with van der Waals surface area (Å²) in [6, 6.07) is 19.0. The second-order valence-electron chi connectivity index (χ2n) is 7.05. The fourth-order valence-electron chi connectivity index (χ4n) is 3.00. The van der Waals surface area contributed by atoms with Crippen LogP contribution in [0.15, 0.2) is 72.8 Å². The number of ether oxygens (including phenoxy) is 2. The summed E-state index contributed by atoms with van der Waals surface area (Å²) in [4.78, 5) is 36.0. The maximum Gasteiger partial charge on any atom is 0.513 e. The van der Waals surface area contributed by atoms with E-state index < -0.39 is 6.16 Å². The molecule has 0 unspecified atom stereocenters. The fraction of sp³-hybridized carbons (Fsp3) is 0.160. The molecule has 33 heavy (non-hydrogen) atoms. The maximum atomic E-state index is 13.3. The topological polar surface area (TPSA) is 93.7 Å². The van der Waals surface area contributed by atoms with Crippen LogP contribution in [-0.4, -0.2) is 24.6 Å². The first-order chi connectivity index (χ1) is 15.9. The van der Waals surface area contributed by atoms with Crippen molar-refractivity contribution in [2.45, 2.75) is 19.9 Å². The van der Waals surface area contributed by atoms with Gasteiger partial charge in [-0.1, -0.05) is 24.3 Å². The molecule has 0 saturated heterocycles. The van der Waals surface area contributed by atoms with E-state index in [2.05, 4.69) is 10.6 Å². The average Bonchev–Trinajstić information content (AvgIpc) is 2.78. The third-order valence-corrected chi connectivity index (χ3v) is 4.50. The summed E-state index contributed by atoms with van der Waals surface area (Å²) in [6.07, 6.45) is -0.758. The molecule has 3 aromatic carbocycles. The van der Waals surface area contributed by atoms with Crippen molar-refractivity contribution in [1.29, 1.82) is 0 Å². The molecule has 0 aliphatic heterocycles. The van der Waals surface area contributed by atoms with Gasteiger partial charge in [0.2, 0.25) is 5.91 Å². The predicted octanol–water partition coefficient (Wildman–Crippen LogP) is 4.47. The Kier molecular flexibility index (Phi) is 8.13. The Balaban J connectivity index is 1.52. The van der Waals surface area contributed by atoms with Crippen molar-refractivity contribution >= 4 is 23.7 Å². The summed E-state index contributed by atoms with van der Waals surface area (Å²) in [5.74, 6) is -0.698. The van der Waals surface area contributed by atoms with Crippen LogP contribution < -0.4 is 15.4 Å². The summed E-state index contributed by atoms with van der Waals surface area (Å²) in [5.41, 5.74) is 2.33. The number of anilines is 1. The summed E-state index contributed by atoms with van der Waals surface area (Å²) in [7, 11) is 0. The molecule has 3 rings (SSSR count). The van der Waals surface area contributed by atoms with Gasteiger partial charge in [-0.2, -0.15) is 0 Å². The number of nitrogens with one attached hydrogen (secondary N) is 2. The highest BCUT2D eigenvalue weighted by molar-refractivity contribution is 5.94. The van der Waals surface area contributed by atoms with Crippen molar-refractivity contribution in [2.75, 3.05) is 11.9 Å². The van der Waals surface area contributed by atoms with Crippen molar-refractivity contribution in [3.63, 3.8) is 0 Å². The maximum absolute atomic E-state index is 13.3. The van der Waals surface area contributed by atoms with Crippen molar-refractivity contribution in [3.8, 4) is 5.75 Å². The first-order valence-electron chi connectivity index (χ1n) is 10.3. The lowest BCUT2D eigenvalue weighted by atomic mass is 10.1. The third-order valence-electron chi connectivity index (χ3n) is 4.50. The van der Waals surface area contributed by atoms with Gasteiger partial charge in [0.15, 0.2) is 0 Å². The number of hydrogen-bond donors (Lipinski definition) is 2. The molecule has 0 spiro atoms. The summed E-state index contributed by atoms with van der Waals surface area (Å²) >= 11 is 0. The highest BCUT2D eigenvalue weighted by atomic mass is 19.1. The Morgan fingerprint density at radius 3 is 2.36 bits per heavy atom. The number of carbonyl (C=O) groups is 3. The van der Waals surface area contributed by atoms with E-state index in [9.17, 15) is 18.8 Å². The van der Waals surface area contributed by atoms with E-state index in [1.54, 1.807) is 37.3 Å². The number of halogens is 1. The Morgan fingerprint density at radius 1 is 0.909 bits per heavy atom. The van der Waals surface area contributed by atoms with Crippen molar-refractivity contribution < 1.29 is 28.2 Å². The molecule has 2 N–H and O–H groups in total. The van der Waals surface area contributed by atoms with E-state index in [-0.39, 0.29) is 43.0 Å². The summed E-state index contributed by atoms with van der Waals surface area (Å²) in [6.45, 7) is 2.12. The van der Waals surface area contributed by atoms with Crippen molar-refractivity contribution in [3.05, 3.63) is 95.3 Å². The standard InChI is InChI=1S/C25H23FN2O5/c1-2-32-25(31)33-22-11-9-19(10-12-22)24(30)27-16-18-6-4-8-21(14-18)28-23(29)15-17-5-3-7-20(26)13-17/h3-14H,2,15-16H2,1H3,(H,27,30)(H,28,29). The van der Waals surface area contributed by atoms with E-state index in [0.29, 0.717) is 16.8 Å². The van der Waals surface area contributed by atoms with Crippen molar-refractivity contribution in [2.24, 2.45) is 0 Å². The SMILES string of the molecule is CCOC(=O)Oc1ccc(C(=O)NCc2cccc(NC(=O)Cc3cccc(F)c3)c2)cc1. The lowest BCUT2D eigenvalue weighted by molar-refractivity contribution is -0.115. The van der Waals surface area contributed by atoms with E-state index in [1.807, 2.05) is 6.07 Å². The lowest BCUT2D eigenvalue weighted by Gasteiger charge is -2.09. The molecule has 0 fully saturated rings. The number of amides is 2. The average molecular weight is 450 g/mol. The van der Waals surface area contributed by atoms with Gasteiger partial charge in [-0.15, -0.1) is 0 Å². The van der Waals surface area contributed by atoms with Gasteiger partial charge in [-0.3, -0.25) is 9.59 Å². The number of rotatable bonds is 8. The molecule has 0 aliphatic carbocycles. The van der Waals surface area contributed by atoms with Crippen LogP contribution in [0.4, 0.5) is 14.9 Å². The summed E-state index contributed by atoms with van der Waals surface area (Å²) < 4.78 is 22.9. The minimum Gasteiger partial charge on any atom is -0.434 e. The minimum atomic E-state index is -0.808. The molecule has 2 amide bonds. The molecule has 0 aliphatic rings. The van der Waals surface area contributed by atoms with Gasteiger partial charge >= 0.3 is 6.16 Å². The van der Waals surface area contributed by atoms with Gasteiger partial charge in [0.1, 0.15) is 11.6 Å². The van der Waals surface area contributed by atoms with Crippen molar-refractivity contribution in [1.82, 2.24) is 5.32 Å². The van der Waals surface area contributed by atoms with Gasteiger partial charge in [0.25, 0.3) is 5.91 Å². The smallest absolute Gasteiger partial charge is 0.434 e. The molecule has 0 atom stereocenters. The zero-order valence-electron chi connectivity index (χ0n) is 18.0. The first-order valence-corrected chi connectivity index (χ1v) is 10.3. The molecule has 7 nitrogen and oxygen atoms in total. The van der Waals surface area contributed by atoms with E-state index in [1.165, 1.54) is 36.4 Å². The van der Waals surface area contributed by atoms with Gasteiger partial charge in [-0.25, -0.2) is 9.18 Å². The molecule has 0 radical (unpaired) electrons. The second kappa shape index (κ2) is 11.4. The Labute approximate surface area is 190 Å². The zero-order valence-corrected chi connectivity index (χ0v) is 18.0. The van der Waals surface area contributed by atoms with Crippen LogP contribution in [0.1, 0.15) is 28.4 Å². The van der Waals surface area contributed by atoms with E-state index in [4.69, 9.17) is 9.47 Å². The zero-order chi connectivity index (χ0) is 23.6.